The first-order chi connectivity index (χ1) is 25.2. The molecule has 1 aliphatic heterocycles. The van der Waals surface area contributed by atoms with E-state index in [1.165, 1.54) is 49.4 Å². The normalized spacial score (nSPS) is 13.6. The summed E-state index contributed by atoms with van der Waals surface area (Å²) in [5.74, 6) is 0.900. The van der Waals surface area contributed by atoms with Crippen LogP contribution < -0.4 is 4.90 Å². The van der Waals surface area contributed by atoms with E-state index in [9.17, 15) is 0 Å². The van der Waals surface area contributed by atoms with Crippen molar-refractivity contribution in [2.24, 2.45) is 0 Å². The van der Waals surface area contributed by atoms with Crippen molar-refractivity contribution in [3.8, 4) is 11.5 Å². The maximum atomic E-state index is 5.03. The molecule has 0 atom stereocenters. The summed E-state index contributed by atoms with van der Waals surface area (Å²) >= 11 is 0. The first-order valence-corrected chi connectivity index (χ1v) is 18.1. The summed E-state index contributed by atoms with van der Waals surface area (Å²) in [6, 6.07) is 48.4. The van der Waals surface area contributed by atoms with Crippen molar-refractivity contribution in [1.82, 2.24) is 19.1 Å². The Morgan fingerprint density at radius 3 is 2.06 bits per heavy atom. The van der Waals surface area contributed by atoms with Gasteiger partial charge in [0.1, 0.15) is 11.5 Å². The second-order valence-corrected chi connectivity index (χ2v) is 15.6. The van der Waals surface area contributed by atoms with E-state index in [4.69, 9.17) is 9.97 Å². The van der Waals surface area contributed by atoms with Gasteiger partial charge in [-0.1, -0.05) is 95.3 Å². The van der Waals surface area contributed by atoms with E-state index in [1.54, 1.807) is 0 Å². The monoisotopic (exact) mass is 673 g/mol. The summed E-state index contributed by atoms with van der Waals surface area (Å²) < 4.78 is 4.70. The van der Waals surface area contributed by atoms with Crippen LogP contribution in [0.1, 0.15) is 51.3 Å². The van der Waals surface area contributed by atoms with E-state index < -0.39 is 0 Å². The van der Waals surface area contributed by atoms with Gasteiger partial charge in [0.15, 0.2) is 0 Å². The smallest absolute Gasteiger partial charge is 0.145 e. The van der Waals surface area contributed by atoms with Crippen molar-refractivity contribution in [2.75, 3.05) is 4.90 Å². The van der Waals surface area contributed by atoms with Gasteiger partial charge in [-0.05, 0) is 94.9 Å². The molecule has 252 valence electrons. The molecule has 0 N–H and O–H groups in total. The molecule has 52 heavy (non-hydrogen) atoms. The van der Waals surface area contributed by atoms with Gasteiger partial charge in [0.25, 0.3) is 0 Å². The molecule has 5 nitrogen and oxygen atoms in total. The zero-order valence-electron chi connectivity index (χ0n) is 30.1. The van der Waals surface area contributed by atoms with Gasteiger partial charge in [0.2, 0.25) is 0 Å². The zero-order valence-corrected chi connectivity index (χ0v) is 30.1. The number of para-hydroxylation sites is 2. The zero-order chi connectivity index (χ0) is 35.4. The maximum Gasteiger partial charge on any atom is 0.145 e. The lowest BCUT2D eigenvalue weighted by Gasteiger charge is -2.37. The maximum absolute atomic E-state index is 5.03. The summed E-state index contributed by atoms with van der Waals surface area (Å²) in [4.78, 5) is 12.2. The van der Waals surface area contributed by atoms with Gasteiger partial charge in [-0.3, -0.25) is 9.13 Å². The molecule has 1 aliphatic rings. The molecular formula is C47H39N5. The molecule has 5 heteroatoms. The van der Waals surface area contributed by atoms with Gasteiger partial charge in [-0.25, -0.2) is 9.97 Å². The fraction of sp³-hybridized carbons (Fsp3) is 0.149. The van der Waals surface area contributed by atoms with Gasteiger partial charge >= 0.3 is 0 Å². The van der Waals surface area contributed by atoms with Crippen molar-refractivity contribution in [1.29, 1.82) is 0 Å². The number of hydrogen-bond donors (Lipinski definition) is 0. The minimum Gasteiger partial charge on any atom is -0.310 e. The number of anilines is 3. The van der Waals surface area contributed by atoms with Gasteiger partial charge < -0.3 is 4.90 Å². The van der Waals surface area contributed by atoms with Crippen molar-refractivity contribution in [3.05, 3.63) is 163 Å². The standard InChI is InChI=1S/C47H39N5/c1-46(2,3)30-26-37-36-17-13-25-49-45(36)52-42-29-33(21-23-38(42)47(4,5)39(27-30)44(37)52)50(31-14-7-6-8-15-31)32-20-22-35-34-16-9-10-18-40(34)51(41(35)28-32)43-19-11-12-24-48-43/h6-29H,1-5H3. The Labute approximate surface area is 303 Å². The van der Waals surface area contributed by atoms with Crippen molar-refractivity contribution >= 4 is 60.8 Å². The Morgan fingerprint density at radius 2 is 1.25 bits per heavy atom. The van der Waals surface area contributed by atoms with E-state index in [0.717, 1.165) is 39.6 Å². The van der Waals surface area contributed by atoms with Crippen LogP contribution in [0.2, 0.25) is 0 Å². The topological polar surface area (TPSA) is 38.9 Å². The highest BCUT2D eigenvalue weighted by atomic mass is 15.2. The molecule has 0 saturated heterocycles. The van der Waals surface area contributed by atoms with E-state index in [-0.39, 0.29) is 10.8 Å². The Kier molecular flexibility index (Phi) is 6.42. The van der Waals surface area contributed by atoms with Gasteiger partial charge in [-0.15, -0.1) is 0 Å². The third kappa shape index (κ3) is 4.35. The van der Waals surface area contributed by atoms with Crippen LogP contribution in [0.15, 0.2) is 146 Å². The summed E-state index contributed by atoms with van der Waals surface area (Å²) in [5, 5.41) is 4.86. The Morgan fingerprint density at radius 1 is 0.538 bits per heavy atom. The van der Waals surface area contributed by atoms with Gasteiger partial charge in [0.05, 0.1) is 22.2 Å². The number of aromatic nitrogens is 4. The predicted molar refractivity (Wildman–Crippen MR) is 216 cm³/mol. The number of pyridine rings is 2. The molecule has 5 heterocycles. The summed E-state index contributed by atoms with van der Waals surface area (Å²) in [6.07, 6.45) is 3.79. The fourth-order valence-electron chi connectivity index (χ4n) is 8.49. The van der Waals surface area contributed by atoms with Crippen molar-refractivity contribution in [3.63, 3.8) is 0 Å². The molecule has 9 aromatic rings. The van der Waals surface area contributed by atoms with Crippen molar-refractivity contribution < 1.29 is 0 Å². The van der Waals surface area contributed by atoms with Crippen LogP contribution in [0.4, 0.5) is 17.1 Å². The predicted octanol–water partition coefficient (Wildman–Crippen LogP) is 12.1. The number of nitrogens with zero attached hydrogens (tertiary/aromatic N) is 5. The van der Waals surface area contributed by atoms with Crippen LogP contribution in [0.3, 0.4) is 0 Å². The summed E-state index contributed by atoms with van der Waals surface area (Å²) in [6.45, 7) is 11.7. The largest absolute Gasteiger partial charge is 0.310 e. The lowest BCUT2D eigenvalue weighted by Crippen LogP contribution is -2.27. The molecule has 10 rings (SSSR count). The molecule has 0 unspecified atom stereocenters. The molecular weight excluding hydrogens is 635 g/mol. The van der Waals surface area contributed by atoms with Gasteiger partial charge in [0, 0.05) is 56.4 Å². The molecule has 4 aromatic heterocycles. The molecule has 0 radical (unpaired) electrons. The first kappa shape index (κ1) is 30.6. The Bertz CT molecular complexity index is 2850. The van der Waals surface area contributed by atoms with E-state index in [0.29, 0.717) is 0 Å². The van der Waals surface area contributed by atoms with Crippen LogP contribution in [0, 0.1) is 0 Å². The van der Waals surface area contributed by atoms with Crippen molar-refractivity contribution in [2.45, 2.75) is 45.4 Å². The van der Waals surface area contributed by atoms with Crippen LogP contribution in [0.25, 0.3) is 55.2 Å². The third-order valence-electron chi connectivity index (χ3n) is 11.1. The Hall–Kier alpha value is -6.20. The highest BCUT2D eigenvalue weighted by Crippen LogP contribution is 2.50. The Balaban J connectivity index is 1.24. The van der Waals surface area contributed by atoms with E-state index in [1.807, 2.05) is 18.5 Å². The molecule has 0 amide bonds. The highest BCUT2D eigenvalue weighted by molar-refractivity contribution is 6.12. The lowest BCUT2D eigenvalue weighted by atomic mass is 9.72. The number of rotatable bonds is 4. The third-order valence-corrected chi connectivity index (χ3v) is 11.1. The molecule has 5 aromatic carbocycles. The molecule has 0 fully saturated rings. The van der Waals surface area contributed by atoms with Crippen LogP contribution in [-0.4, -0.2) is 19.1 Å². The quantitative estimate of drug-likeness (QED) is 0.187. The molecule has 0 spiro atoms. The minimum atomic E-state index is -0.224. The molecule has 0 aliphatic carbocycles. The average Bonchev–Trinajstić information content (AvgIpc) is 3.67. The van der Waals surface area contributed by atoms with Gasteiger partial charge in [-0.2, -0.15) is 0 Å². The molecule has 0 bridgehead atoms. The van der Waals surface area contributed by atoms with Crippen LogP contribution in [-0.2, 0) is 10.8 Å². The number of benzene rings is 5. The van der Waals surface area contributed by atoms with Crippen LogP contribution >= 0.6 is 0 Å². The van der Waals surface area contributed by atoms with E-state index >= 15 is 0 Å². The second-order valence-electron chi connectivity index (χ2n) is 15.6. The lowest BCUT2D eigenvalue weighted by molar-refractivity contribution is 0.582. The molecule has 0 saturated carbocycles. The SMILES string of the molecule is CC(C)(C)c1cc2c3c(c1)c1cccnc1n3-c1cc(N(c3ccccc3)c3ccc4c5ccccc5n(-c5ccccn5)c4c3)ccc1C2(C)C. The summed E-state index contributed by atoms with van der Waals surface area (Å²) in [5.41, 5.74) is 12.7. The number of fused-ring (bicyclic) bond motifs is 8. The highest BCUT2D eigenvalue weighted by Gasteiger charge is 2.37. The second kappa shape index (κ2) is 10.9. The average molecular weight is 674 g/mol. The summed E-state index contributed by atoms with van der Waals surface area (Å²) in [7, 11) is 0. The number of hydrogen-bond acceptors (Lipinski definition) is 3. The van der Waals surface area contributed by atoms with E-state index in [2.05, 4.69) is 176 Å². The first-order valence-electron chi connectivity index (χ1n) is 18.1. The minimum absolute atomic E-state index is 0.0150. The van der Waals surface area contributed by atoms with Crippen LogP contribution in [0.5, 0.6) is 0 Å². The fourth-order valence-corrected chi connectivity index (χ4v) is 8.49.